The van der Waals surface area contributed by atoms with Crippen LogP contribution in [0.2, 0.25) is 5.02 Å². The van der Waals surface area contributed by atoms with Crippen LogP contribution in [0.15, 0.2) is 41.7 Å². The molecular formula is C9H8ClN3. The van der Waals surface area contributed by atoms with Gasteiger partial charge >= 0.3 is 0 Å². The van der Waals surface area contributed by atoms with Gasteiger partial charge in [0.05, 0.1) is 5.69 Å². The lowest BCUT2D eigenvalue weighted by Crippen LogP contribution is -2.33. The molecule has 1 aromatic carbocycles. The zero-order chi connectivity index (χ0) is 9.10. The van der Waals surface area contributed by atoms with E-state index in [2.05, 4.69) is 10.4 Å². The minimum absolute atomic E-state index is 0.735. The van der Waals surface area contributed by atoms with Crippen LogP contribution in [-0.2, 0) is 0 Å². The van der Waals surface area contributed by atoms with Crippen LogP contribution in [0.25, 0.3) is 0 Å². The van der Waals surface area contributed by atoms with E-state index < -0.39 is 0 Å². The van der Waals surface area contributed by atoms with Crippen molar-refractivity contribution in [2.24, 2.45) is 4.99 Å². The van der Waals surface area contributed by atoms with Gasteiger partial charge in [0, 0.05) is 17.4 Å². The molecule has 3 nitrogen and oxygen atoms in total. The van der Waals surface area contributed by atoms with Gasteiger partial charge in [-0.25, -0.2) is 4.99 Å². The minimum atomic E-state index is 0.735. The summed E-state index contributed by atoms with van der Waals surface area (Å²) in [7, 11) is 0. The number of hydrazine groups is 1. The molecule has 13 heavy (non-hydrogen) atoms. The molecule has 1 N–H and O–H groups in total. The largest absolute Gasteiger partial charge is 0.284 e. The number of benzene rings is 1. The summed E-state index contributed by atoms with van der Waals surface area (Å²) in [5.74, 6) is 0. The van der Waals surface area contributed by atoms with Crippen LogP contribution >= 0.6 is 11.6 Å². The van der Waals surface area contributed by atoms with Gasteiger partial charge in [-0.05, 0) is 24.3 Å². The summed E-state index contributed by atoms with van der Waals surface area (Å²) in [6.45, 7) is 0. The fourth-order valence-electron chi connectivity index (χ4n) is 1.05. The minimum Gasteiger partial charge on any atom is -0.284 e. The van der Waals surface area contributed by atoms with E-state index in [1.807, 2.05) is 35.5 Å². The van der Waals surface area contributed by atoms with Gasteiger partial charge in [0.1, 0.15) is 6.34 Å². The SMILES string of the molecule is Clc1ccc(N2C=CN=CN2)cc1. The van der Waals surface area contributed by atoms with Gasteiger partial charge in [-0.1, -0.05) is 11.6 Å². The monoisotopic (exact) mass is 193 g/mol. The highest BCUT2D eigenvalue weighted by atomic mass is 35.5. The second kappa shape index (κ2) is 3.49. The second-order valence-corrected chi connectivity index (χ2v) is 2.99. The Kier molecular flexibility index (Phi) is 2.19. The number of anilines is 1. The van der Waals surface area contributed by atoms with Crippen molar-refractivity contribution in [3.05, 3.63) is 41.7 Å². The first-order valence-electron chi connectivity index (χ1n) is 3.85. The van der Waals surface area contributed by atoms with Gasteiger partial charge in [-0.3, -0.25) is 10.4 Å². The fourth-order valence-corrected chi connectivity index (χ4v) is 1.18. The molecule has 1 heterocycles. The van der Waals surface area contributed by atoms with Crippen molar-refractivity contribution in [2.45, 2.75) is 0 Å². The summed E-state index contributed by atoms with van der Waals surface area (Å²) in [5.41, 5.74) is 3.99. The lowest BCUT2D eigenvalue weighted by molar-refractivity contribution is 0.923. The number of hydrogen-bond donors (Lipinski definition) is 1. The Morgan fingerprint density at radius 1 is 1.23 bits per heavy atom. The van der Waals surface area contributed by atoms with Crippen LogP contribution in [0.3, 0.4) is 0 Å². The number of nitrogens with one attached hydrogen (secondary N) is 1. The lowest BCUT2D eigenvalue weighted by atomic mass is 10.3. The summed E-state index contributed by atoms with van der Waals surface area (Å²) in [6, 6.07) is 7.55. The van der Waals surface area contributed by atoms with E-state index in [1.165, 1.54) is 0 Å². The van der Waals surface area contributed by atoms with E-state index in [4.69, 9.17) is 11.6 Å². The quantitative estimate of drug-likeness (QED) is 0.740. The van der Waals surface area contributed by atoms with E-state index in [0.29, 0.717) is 0 Å². The van der Waals surface area contributed by atoms with Gasteiger partial charge in [-0.15, -0.1) is 0 Å². The standard InChI is InChI=1S/C9H8ClN3/c10-8-1-3-9(4-2-8)13-6-5-11-7-12-13/h1-7H,(H,11,12). The van der Waals surface area contributed by atoms with Crippen LogP contribution in [0.5, 0.6) is 0 Å². The average molecular weight is 194 g/mol. The molecule has 2 rings (SSSR count). The second-order valence-electron chi connectivity index (χ2n) is 2.55. The van der Waals surface area contributed by atoms with E-state index >= 15 is 0 Å². The van der Waals surface area contributed by atoms with Gasteiger partial charge < -0.3 is 0 Å². The molecule has 0 radical (unpaired) electrons. The molecule has 0 saturated carbocycles. The van der Waals surface area contributed by atoms with Crippen LogP contribution in [-0.4, -0.2) is 6.34 Å². The molecule has 0 saturated heterocycles. The van der Waals surface area contributed by atoms with Crippen molar-refractivity contribution >= 4 is 23.6 Å². The Morgan fingerprint density at radius 3 is 2.62 bits per heavy atom. The average Bonchev–Trinajstić information content (AvgIpc) is 2.20. The molecule has 1 aliphatic rings. The molecule has 0 fully saturated rings. The van der Waals surface area contributed by atoms with E-state index in [9.17, 15) is 0 Å². The zero-order valence-electron chi connectivity index (χ0n) is 6.81. The highest BCUT2D eigenvalue weighted by Crippen LogP contribution is 2.17. The number of rotatable bonds is 1. The van der Waals surface area contributed by atoms with Crippen LogP contribution in [0.1, 0.15) is 0 Å². The van der Waals surface area contributed by atoms with Crippen molar-refractivity contribution in [2.75, 3.05) is 5.01 Å². The van der Waals surface area contributed by atoms with E-state index in [1.54, 1.807) is 12.5 Å². The number of nitrogens with zero attached hydrogens (tertiary/aromatic N) is 2. The third-order valence-corrected chi connectivity index (χ3v) is 1.93. The number of aliphatic imine (C=N–C) groups is 1. The molecule has 0 bridgehead atoms. The van der Waals surface area contributed by atoms with Crippen LogP contribution in [0, 0.1) is 0 Å². The third kappa shape index (κ3) is 1.81. The summed E-state index contributed by atoms with van der Waals surface area (Å²) in [4.78, 5) is 3.89. The molecule has 0 aliphatic carbocycles. The van der Waals surface area contributed by atoms with Gasteiger partial charge in [0.15, 0.2) is 0 Å². The molecule has 0 spiro atoms. The van der Waals surface area contributed by atoms with Crippen LogP contribution in [0.4, 0.5) is 5.69 Å². The topological polar surface area (TPSA) is 27.6 Å². The first kappa shape index (κ1) is 8.13. The first-order valence-corrected chi connectivity index (χ1v) is 4.23. The number of halogens is 1. The van der Waals surface area contributed by atoms with Crippen molar-refractivity contribution in [1.82, 2.24) is 5.43 Å². The molecule has 0 aromatic heterocycles. The molecular weight excluding hydrogens is 186 g/mol. The first-order chi connectivity index (χ1) is 6.36. The van der Waals surface area contributed by atoms with Crippen molar-refractivity contribution in [1.29, 1.82) is 0 Å². The van der Waals surface area contributed by atoms with E-state index in [0.717, 1.165) is 10.7 Å². The van der Waals surface area contributed by atoms with Gasteiger partial charge in [0.25, 0.3) is 0 Å². The molecule has 0 atom stereocenters. The normalized spacial score (nSPS) is 14.4. The van der Waals surface area contributed by atoms with Crippen molar-refractivity contribution in [3.8, 4) is 0 Å². The molecule has 0 amide bonds. The smallest absolute Gasteiger partial charge is 0.107 e. The molecule has 0 unspecified atom stereocenters. The Hall–Kier alpha value is -1.48. The molecule has 1 aromatic rings. The molecule has 66 valence electrons. The van der Waals surface area contributed by atoms with E-state index in [-0.39, 0.29) is 0 Å². The maximum atomic E-state index is 5.77. The van der Waals surface area contributed by atoms with Gasteiger partial charge in [-0.2, -0.15) is 0 Å². The Bertz CT molecular complexity index is 342. The summed E-state index contributed by atoms with van der Waals surface area (Å²) in [5, 5.41) is 2.59. The molecule has 4 heteroatoms. The predicted molar refractivity (Wildman–Crippen MR) is 54.7 cm³/mol. The van der Waals surface area contributed by atoms with Crippen molar-refractivity contribution in [3.63, 3.8) is 0 Å². The number of hydrogen-bond acceptors (Lipinski definition) is 3. The lowest BCUT2D eigenvalue weighted by Gasteiger charge is -2.21. The fraction of sp³-hybridized carbons (Fsp3) is 0. The highest BCUT2D eigenvalue weighted by molar-refractivity contribution is 6.30. The summed E-state index contributed by atoms with van der Waals surface area (Å²) >= 11 is 5.77. The zero-order valence-corrected chi connectivity index (χ0v) is 7.57. The van der Waals surface area contributed by atoms with Gasteiger partial charge in [0.2, 0.25) is 0 Å². The Morgan fingerprint density at radius 2 is 2.00 bits per heavy atom. The van der Waals surface area contributed by atoms with Crippen LogP contribution < -0.4 is 10.4 Å². The third-order valence-electron chi connectivity index (χ3n) is 1.68. The Balaban J connectivity index is 2.21. The predicted octanol–water partition coefficient (Wildman–Crippen LogP) is 2.16. The molecule has 1 aliphatic heterocycles. The maximum absolute atomic E-state index is 5.77. The summed E-state index contributed by atoms with van der Waals surface area (Å²) < 4.78 is 0. The Labute approximate surface area is 81.3 Å². The maximum Gasteiger partial charge on any atom is 0.107 e. The van der Waals surface area contributed by atoms with Crippen molar-refractivity contribution < 1.29 is 0 Å². The highest BCUT2D eigenvalue weighted by Gasteiger charge is 2.01. The summed E-state index contributed by atoms with van der Waals surface area (Å²) in [6.07, 6.45) is 5.17.